The maximum atomic E-state index is 12.1. The van der Waals surface area contributed by atoms with Crippen LogP contribution in [0.4, 0.5) is 5.69 Å². The van der Waals surface area contributed by atoms with E-state index in [0.717, 1.165) is 27.7 Å². The van der Waals surface area contributed by atoms with Gasteiger partial charge in [0.2, 0.25) is 5.91 Å². The lowest BCUT2D eigenvalue weighted by Gasteiger charge is -2.09. The predicted molar refractivity (Wildman–Crippen MR) is 105 cm³/mol. The number of nitrogens with one attached hydrogen (secondary N) is 1. The molecule has 0 unspecified atom stereocenters. The molecule has 0 radical (unpaired) electrons. The van der Waals surface area contributed by atoms with Crippen LogP contribution in [-0.4, -0.2) is 28.3 Å². The first-order valence-corrected chi connectivity index (χ1v) is 9.26. The standard InChI is InChI=1S/C20H21N3O2S/c1-15-3-7-17(8-4-15)22-19(24)14-26-20-21-11-12-23(20)13-16-5-9-18(25-2)10-6-16/h3-12H,13-14H2,1-2H3,(H,22,24). The maximum absolute atomic E-state index is 12.1. The van der Waals surface area contributed by atoms with Crippen molar-refractivity contribution in [3.05, 3.63) is 72.1 Å². The van der Waals surface area contributed by atoms with Crippen LogP contribution in [0.3, 0.4) is 0 Å². The molecular formula is C20H21N3O2S. The number of nitrogens with zero attached hydrogens (tertiary/aromatic N) is 2. The van der Waals surface area contributed by atoms with E-state index in [9.17, 15) is 4.79 Å². The first-order chi connectivity index (χ1) is 12.6. The number of carbonyl (C=O) groups excluding carboxylic acids is 1. The zero-order valence-corrected chi connectivity index (χ0v) is 15.6. The van der Waals surface area contributed by atoms with E-state index in [1.807, 2.05) is 66.2 Å². The number of anilines is 1. The van der Waals surface area contributed by atoms with Crippen molar-refractivity contribution in [2.24, 2.45) is 0 Å². The number of methoxy groups -OCH3 is 1. The highest BCUT2D eigenvalue weighted by atomic mass is 32.2. The Hall–Kier alpha value is -2.73. The summed E-state index contributed by atoms with van der Waals surface area (Å²) in [5.74, 6) is 1.10. The number of aromatic nitrogens is 2. The number of imidazole rings is 1. The van der Waals surface area contributed by atoms with Crippen molar-refractivity contribution in [2.45, 2.75) is 18.6 Å². The molecule has 0 aliphatic carbocycles. The van der Waals surface area contributed by atoms with Crippen LogP contribution >= 0.6 is 11.8 Å². The Morgan fingerprint density at radius 3 is 2.58 bits per heavy atom. The van der Waals surface area contributed by atoms with Crippen LogP contribution in [0.25, 0.3) is 0 Å². The molecule has 0 saturated heterocycles. The lowest BCUT2D eigenvalue weighted by atomic mass is 10.2. The molecule has 6 heteroatoms. The molecule has 2 aromatic carbocycles. The zero-order chi connectivity index (χ0) is 18.4. The van der Waals surface area contributed by atoms with Gasteiger partial charge in [-0.25, -0.2) is 4.98 Å². The fraction of sp³-hybridized carbons (Fsp3) is 0.200. The number of amides is 1. The summed E-state index contributed by atoms with van der Waals surface area (Å²) in [5, 5.41) is 3.72. The molecule has 0 bridgehead atoms. The molecule has 5 nitrogen and oxygen atoms in total. The molecule has 0 aliphatic rings. The summed E-state index contributed by atoms with van der Waals surface area (Å²) in [5.41, 5.74) is 3.12. The van der Waals surface area contributed by atoms with E-state index in [1.54, 1.807) is 13.3 Å². The topological polar surface area (TPSA) is 56.2 Å². The first kappa shape index (κ1) is 18.1. The Kier molecular flexibility index (Phi) is 5.96. The Labute approximate surface area is 157 Å². The van der Waals surface area contributed by atoms with Crippen molar-refractivity contribution < 1.29 is 9.53 Å². The number of ether oxygens (including phenoxy) is 1. The monoisotopic (exact) mass is 367 g/mol. The number of benzene rings is 2. The molecule has 0 spiro atoms. The van der Waals surface area contributed by atoms with E-state index in [4.69, 9.17) is 4.74 Å². The Morgan fingerprint density at radius 2 is 1.88 bits per heavy atom. The fourth-order valence-electron chi connectivity index (χ4n) is 2.45. The van der Waals surface area contributed by atoms with Gasteiger partial charge >= 0.3 is 0 Å². The molecular weight excluding hydrogens is 346 g/mol. The largest absolute Gasteiger partial charge is 0.497 e. The molecule has 0 fully saturated rings. The van der Waals surface area contributed by atoms with Gasteiger partial charge in [0, 0.05) is 24.6 Å². The second kappa shape index (κ2) is 8.58. The zero-order valence-electron chi connectivity index (χ0n) is 14.8. The lowest BCUT2D eigenvalue weighted by Crippen LogP contribution is -2.14. The van der Waals surface area contributed by atoms with Crippen LogP contribution in [-0.2, 0) is 11.3 Å². The summed E-state index contributed by atoms with van der Waals surface area (Å²) >= 11 is 1.43. The molecule has 3 aromatic rings. The van der Waals surface area contributed by atoms with Gasteiger partial charge in [0.15, 0.2) is 5.16 Å². The molecule has 134 valence electrons. The van der Waals surface area contributed by atoms with Crippen LogP contribution in [0.5, 0.6) is 5.75 Å². The van der Waals surface area contributed by atoms with Crippen molar-refractivity contribution in [3.63, 3.8) is 0 Å². The molecule has 0 atom stereocenters. The maximum Gasteiger partial charge on any atom is 0.234 e. The second-order valence-electron chi connectivity index (χ2n) is 5.89. The van der Waals surface area contributed by atoms with E-state index in [1.165, 1.54) is 11.8 Å². The first-order valence-electron chi connectivity index (χ1n) is 8.27. The van der Waals surface area contributed by atoms with Crippen LogP contribution in [0.15, 0.2) is 66.1 Å². The molecule has 1 aromatic heterocycles. The van der Waals surface area contributed by atoms with Crippen LogP contribution in [0, 0.1) is 6.92 Å². The number of hydrogen-bond donors (Lipinski definition) is 1. The summed E-state index contributed by atoms with van der Waals surface area (Å²) in [6.45, 7) is 2.72. The highest BCUT2D eigenvalue weighted by Crippen LogP contribution is 2.19. The van der Waals surface area contributed by atoms with Crippen molar-refractivity contribution in [1.82, 2.24) is 9.55 Å². The van der Waals surface area contributed by atoms with Gasteiger partial charge in [-0.2, -0.15) is 0 Å². The van der Waals surface area contributed by atoms with Crippen molar-refractivity contribution in [1.29, 1.82) is 0 Å². The van der Waals surface area contributed by atoms with E-state index in [0.29, 0.717) is 12.3 Å². The van der Waals surface area contributed by atoms with E-state index >= 15 is 0 Å². The minimum atomic E-state index is -0.0437. The third-order valence-corrected chi connectivity index (χ3v) is 4.86. The van der Waals surface area contributed by atoms with E-state index in [-0.39, 0.29) is 5.91 Å². The molecule has 0 saturated carbocycles. The highest BCUT2D eigenvalue weighted by molar-refractivity contribution is 7.99. The van der Waals surface area contributed by atoms with Crippen LogP contribution in [0.2, 0.25) is 0 Å². The van der Waals surface area contributed by atoms with Gasteiger partial charge in [-0.05, 0) is 36.8 Å². The number of carbonyl (C=O) groups is 1. The molecule has 0 aliphatic heterocycles. The van der Waals surface area contributed by atoms with Crippen LogP contribution < -0.4 is 10.1 Å². The number of hydrogen-bond acceptors (Lipinski definition) is 4. The summed E-state index contributed by atoms with van der Waals surface area (Å²) < 4.78 is 7.21. The SMILES string of the molecule is COc1ccc(Cn2ccnc2SCC(=O)Nc2ccc(C)cc2)cc1. The van der Waals surface area contributed by atoms with Crippen molar-refractivity contribution in [2.75, 3.05) is 18.2 Å². The molecule has 1 amide bonds. The average Bonchev–Trinajstić information content (AvgIpc) is 3.09. The summed E-state index contributed by atoms with van der Waals surface area (Å²) in [7, 11) is 1.65. The summed E-state index contributed by atoms with van der Waals surface area (Å²) in [4.78, 5) is 16.5. The highest BCUT2D eigenvalue weighted by Gasteiger charge is 2.09. The minimum absolute atomic E-state index is 0.0437. The van der Waals surface area contributed by atoms with Gasteiger partial charge in [0.1, 0.15) is 5.75 Å². The third kappa shape index (κ3) is 4.89. The normalized spacial score (nSPS) is 10.5. The molecule has 26 heavy (non-hydrogen) atoms. The van der Waals surface area contributed by atoms with Gasteiger partial charge in [-0.15, -0.1) is 0 Å². The van der Waals surface area contributed by atoms with Gasteiger partial charge in [-0.3, -0.25) is 4.79 Å². The van der Waals surface area contributed by atoms with Gasteiger partial charge < -0.3 is 14.6 Å². The Balaban J connectivity index is 1.56. The van der Waals surface area contributed by atoms with E-state index < -0.39 is 0 Å². The second-order valence-corrected chi connectivity index (χ2v) is 6.83. The fourth-order valence-corrected chi connectivity index (χ4v) is 3.21. The third-order valence-electron chi connectivity index (χ3n) is 3.86. The number of thioether (sulfide) groups is 1. The summed E-state index contributed by atoms with van der Waals surface area (Å²) in [6, 6.07) is 15.7. The lowest BCUT2D eigenvalue weighted by molar-refractivity contribution is -0.113. The molecule has 1 N–H and O–H groups in total. The Morgan fingerprint density at radius 1 is 1.15 bits per heavy atom. The van der Waals surface area contributed by atoms with Gasteiger partial charge in [0.25, 0.3) is 0 Å². The quantitative estimate of drug-likeness (QED) is 0.642. The van der Waals surface area contributed by atoms with Crippen molar-refractivity contribution in [3.8, 4) is 5.75 Å². The van der Waals surface area contributed by atoms with Crippen molar-refractivity contribution >= 4 is 23.4 Å². The molecule has 3 rings (SSSR count). The average molecular weight is 367 g/mol. The smallest absolute Gasteiger partial charge is 0.234 e. The van der Waals surface area contributed by atoms with Crippen LogP contribution in [0.1, 0.15) is 11.1 Å². The van der Waals surface area contributed by atoms with E-state index in [2.05, 4.69) is 10.3 Å². The number of rotatable bonds is 7. The minimum Gasteiger partial charge on any atom is -0.497 e. The molecule has 1 heterocycles. The Bertz CT molecular complexity index is 858. The van der Waals surface area contributed by atoms with Gasteiger partial charge in [-0.1, -0.05) is 41.6 Å². The summed E-state index contributed by atoms with van der Waals surface area (Å²) in [6.07, 6.45) is 3.67. The van der Waals surface area contributed by atoms with Gasteiger partial charge in [0.05, 0.1) is 12.9 Å². The number of aryl methyl sites for hydroxylation is 1. The predicted octanol–water partition coefficient (Wildman–Crippen LogP) is 3.98.